The van der Waals surface area contributed by atoms with E-state index in [4.69, 9.17) is 19.6 Å². The van der Waals surface area contributed by atoms with Gasteiger partial charge in [-0.05, 0) is 45.0 Å². The van der Waals surface area contributed by atoms with E-state index in [0.29, 0.717) is 31.9 Å². The van der Waals surface area contributed by atoms with E-state index in [2.05, 4.69) is 0 Å². The van der Waals surface area contributed by atoms with Crippen molar-refractivity contribution >= 4 is 23.4 Å². The number of carbonyl (C=O) groups excluding carboxylic acids is 1. The molecule has 0 bridgehead atoms. The zero-order valence-corrected chi connectivity index (χ0v) is 25.1. The molecular formula is C34H30N4O4S. The minimum atomic E-state index is -0.766. The van der Waals surface area contributed by atoms with Gasteiger partial charge in [0.05, 0.1) is 40.9 Å². The van der Waals surface area contributed by atoms with Crippen LogP contribution in [-0.2, 0) is 9.53 Å². The summed E-state index contributed by atoms with van der Waals surface area (Å²) < 4.78 is 14.9. The van der Waals surface area contributed by atoms with Gasteiger partial charge in [-0.2, -0.15) is 5.10 Å². The second kappa shape index (κ2) is 11.7. The molecule has 0 amide bonds. The average Bonchev–Trinajstić information content (AvgIpc) is 3.58. The molecular weight excluding hydrogens is 560 g/mol. The summed E-state index contributed by atoms with van der Waals surface area (Å²) in [6, 6.07) is 24.6. The highest BCUT2D eigenvalue weighted by molar-refractivity contribution is 7.07. The van der Waals surface area contributed by atoms with Crippen molar-refractivity contribution in [3.8, 4) is 22.7 Å². The van der Waals surface area contributed by atoms with Crippen LogP contribution in [0.15, 0.2) is 106 Å². The van der Waals surface area contributed by atoms with Crippen LogP contribution in [-0.4, -0.2) is 34.0 Å². The van der Waals surface area contributed by atoms with Crippen molar-refractivity contribution in [2.24, 2.45) is 4.99 Å². The first-order chi connectivity index (χ1) is 20.9. The fourth-order valence-corrected chi connectivity index (χ4v) is 6.30. The summed E-state index contributed by atoms with van der Waals surface area (Å²) in [5.74, 6) is 0.0455. The Morgan fingerprint density at radius 2 is 1.72 bits per heavy atom. The molecule has 216 valence electrons. The maximum absolute atomic E-state index is 14.2. The van der Waals surface area contributed by atoms with Crippen LogP contribution in [0, 0.1) is 6.92 Å². The second-order valence-electron chi connectivity index (χ2n) is 10.1. The van der Waals surface area contributed by atoms with Crippen LogP contribution < -0.4 is 19.6 Å². The molecule has 0 aliphatic carbocycles. The van der Waals surface area contributed by atoms with Gasteiger partial charge in [0, 0.05) is 22.9 Å². The number of para-hydroxylation sites is 2. The molecule has 0 saturated carbocycles. The molecule has 1 atom stereocenters. The average molecular weight is 591 g/mol. The van der Waals surface area contributed by atoms with E-state index in [1.165, 1.54) is 11.3 Å². The molecule has 3 heterocycles. The first kappa shape index (κ1) is 28.1. The Morgan fingerprint density at radius 3 is 2.44 bits per heavy atom. The molecule has 9 heteroatoms. The van der Waals surface area contributed by atoms with Crippen molar-refractivity contribution in [1.29, 1.82) is 0 Å². The molecule has 2 aromatic heterocycles. The Hall–Kier alpha value is -5.02. The first-order valence-corrected chi connectivity index (χ1v) is 14.8. The Morgan fingerprint density at radius 1 is 1.00 bits per heavy atom. The van der Waals surface area contributed by atoms with Crippen molar-refractivity contribution in [2.75, 3.05) is 13.7 Å². The number of fused-ring (bicyclic) bond motifs is 1. The van der Waals surface area contributed by atoms with E-state index in [1.54, 1.807) is 25.5 Å². The van der Waals surface area contributed by atoms with Gasteiger partial charge in [0.25, 0.3) is 5.56 Å². The molecule has 1 unspecified atom stereocenters. The molecule has 5 aromatic rings. The largest absolute Gasteiger partial charge is 0.496 e. The van der Waals surface area contributed by atoms with Gasteiger partial charge in [-0.3, -0.25) is 9.36 Å². The number of allylic oxidation sites excluding steroid dienone is 1. The van der Waals surface area contributed by atoms with Gasteiger partial charge in [0.15, 0.2) is 4.80 Å². The second-order valence-corrected chi connectivity index (χ2v) is 11.1. The topological polar surface area (TPSA) is 87.7 Å². The van der Waals surface area contributed by atoms with Crippen LogP contribution in [0.5, 0.6) is 5.75 Å². The molecule has 43 heavy (non-hydrogen) atoms. The van der Waals surface area contributed by atoms with Gasteiger partial charge < -0.3 is 9.47 Å². The van der Waals surface area contributed by atoms with Crippen molar-refractivity contribution in [1.82, 2.24) is 14.3 Å². The summed E-state index contributed by atoms with van der Waals surface area (Å²) in [4.78, 5) is 32.7. The number of thiazole rings is 1. The molecule has 3 aromatic carbocycles. The van der Waals surface area contributed by atoms with Gasteiger partial charge in [0.2, 0.25) is 0 Å². The lowest BCUT2D eigenvalue weighted by molar-refractivity contribution is -0.139. The number of aromatic nitrogens is 3. The number of esters is 1. The summed E-state index contributed by atoms with van der Waals surface area (Å²) in [6.45, 7) is 5.76. The van der Waals surface area contributed by atoms with E-state index in [-0.39, 0.29) is 12.2 Å². The maximum atomic E-state index is 14.2. The van der Waals surface area contributed by atoms with E-state index in [1.807, 2.05) is 103 Å². The zero-order chi connectivity index (χ0) is 30.1. The van der Waals surface area contributed by atoms with Crippen molar-refractivity contribution in [2.45, 2.75) is 26.8 Å². The van der Waals surface area contributed by atoms with Crippen LogP contribution >= 0.6 is 11.3 Å². The number of carbonyl (C=O) groups is 1. The van der Waals surface area contributed by atoms with E-state index in [0.717, 1.165) is 28.1 Å². The van der Waals surface area contributed by atoms with Gasteiger partial charge in [-0.15, -0.1) is 0 Å². The minimum Gasteiger partial charge on any atom is -0.496 e. The molecule has 8 nitrogen and oxygen atoms in total. The number of methoxy groups -OCH3 is 1. The lowest BCUT2D eigenvalue weighted by Gasteiger charge is -2.25. The fourth-order valence-electron chi connectivity index (χ4n) is 5.26. The van der Waals surface area contributed by atoms with Gasteiger partial charge >= 0.3 is 5.97 Å². The van der Waals surface area contributed by atoms with E-state index in [9.17, 15) is 9.59 Å². The third kappa shape index (κ3) is 5.23. The monoisotopic (exact) mass is 590 g/mol. The Balaban J connectivity index is 1.58. The van der Waals surface area contributed by atoms with Gasteiger partial charge in [-0.1, -0.05) is 77.6 Å². The Labute approximate surface area is 252 Å². The zero-order valence-electron chi connectivity index (χ0n) is 24.3. The first-order valence-electron chi connectivity index (χ1n) is 13.9. The normalized spacial score (nSPS) is 14.8. The summed E-state index contributed by atoms with van der Waals surface area (Å²) >= 11 is 1.28. The van der Waals surface area contributed by atoms with E-state index < -0.39 is 12.0 Å². The van der Waals surface area contributed by atoms with Crippen molar-refractivity contribution < 1.29 is 14.3 Å². The lowest BCUT2D eigenvalue weighted by Crippen LogP contribution is -2.40. The molecule has 0 saturated heterocycles. The Kier molecular flexibility index (Phi) is 7.65. The third-order valence-electron chi connectivity index (χ3n) is 7.33. The number of rotatable bonds is 7. The van der Waals surface area contributed by atoms with Crippen LogP contribution in [0.4, 0.5) is 0 Å². The van der Waals surface area contributed by atoms with E-state index >= 15 is 0 Å². The smallest absolute Gasteiger partial charge is 0.338 e. The lowest BCUT2D eigenvalue weighted by atomic mass is 9.95. The quantitative estimate of drug-likeness (QED) is 0.250. The third-order valence-corrected chi connectivity index (χ3v) is 8.31. The van der Waals surface area contributed by atoms with Crippen molar-refractivity contribution in [3.05, 3.63) is 133 Å². The molecule has 1 aliphatic heterocycles. The number of nitrogens with zero attached hydrogens (tertiary/aromatic N) is 4. The molecule has 1 aliphatic rings. The maximum Gasteiger partial charge on any atom is 0.338 e. The molecule has 6 rings (SSSR count). The minimum absolute atomic E-state index is 0.200. The SMILES string of the molecule is CCOC(=O)C1=C(C)N=c2s/c(=C\c3cn(-c4ccccc4)nc3-c3ccc(C)cc3)c(=O)n2C1c1ccccc1OC. The van der Waals surface area contributed by atoms with Crippen LogP contribution in [0.1, 0.15) is 36.6 Å². The number of aryl methyl sites for hydroxylation is 1. The molecule has 0 radical (unpaired) electrons. The van der Waals surface area contributed by atoms with Gasteiger partial charge in [-0.25, -0.2) is 14.5 Å². The number of ether oxygens (including phenoxy) is 2. The van der Waals surface area contributed by atoms with Crippen LogP contribution in [0.3, 0.4) is 0 Å². The molecule has 0 N–H and O–H groups in total. The van der Waals surface area contributed by atoms with Crippen molar-refractivity contribution in [3.63, 3.8) is 0 Å². The highest BCUT2D eigenvalue weighted by Crippen LogP contribution is 2.35. The fraction of sp³-hybridized carbons (Fsp3) is 0.176. The Bertz CT molecular complexity index is 2040. The number of hydrogen-bond donors (Lipinski definition) is 0. The standard InChI is InChI=1S/C34H30N4O4S/c1-5-42-33(40)29-22(3)35-34-38(31(29)26-13-9-10-14-27(26)41-4)32(39)28(43-34)19-24-20-37(25-11-7-6-8-12-25)36-30(24)23-17-15-21(2)16-18-23/h6-20,31H,5H2,1-4H3/b28-19-. The van der Waals surface area contributed by atoms with Crippen LogP contribution in [0.25, 0.3) is 23.0 Å². The molecule has 0 fully saturated rings. The predicted octanol–water partition coefficient (Wildman–Crippen LogP) is 4.97. The summed E-state index contributed by atoms with van der Waals surface area (Å²) in [5, 5.41) is 4.91. The summed E-state index contributed by atoms with van der Waals surface area (Å²) in [7, 11) is 1.57. The number of hydrogen-bond acceptors (Lipinski definition) is 7. The highest BCUT2D eigenvalue weighted by Gasteiger charge is 2.35. The summed E-state index contributed by atoms with van der Waals surface area (Å²) in [6.07, 6.45) is 3.78. The van der Waals surface area contributed by atoms with Gasteiger partial charge in [0.1, 0.15) is 11.8 Å². The predicted molar refractivity (Wildman–Crippen MR) is 167 cm³/mol. The molecule has 0 spiro atoms. The highest BCUT2D eigenvalue weighted by atomic mass is 32.1. The summed E-state index contributed by atoms with van der Waals surface area (Å²) in [5.41, 5.74) is 5.73. The van der Waals surface area contributed by atoms with Crippen LogP contribution in [0.2, 0.25) is 0 Å². The number of benzene rings is 3.